The van der Waals surface area contributed by atoms with Crippen molar-refractivity contribution in [3.63, 3.8) is 0 Å². The molecule has 27 heavy (non-hydrogen) atoms. The van der Waals surface area contributed by atoms with Gasteiger partial charge < -0.3 is 15.4 Å². The molecule has 0 aliphatic carbocycles. The lowest BCUT2D eigenvalue weighted by Crippen LogP contribution is -2.32. The van der Waals surface area contributed by atoms with E-state index in [9.17, 15) is 4.79 Å². The summed E-state index contributed by atoms with van der Waals surface area (Å²) in [6, 6.07) is 7.60. The Labute approximate surface area is 166 Å². The molecule has 0 spiro atoms. The highest BCUT2D eigenvalue weighted by Crippen LogP contribution is 2.27. The van der Waals surface area contributed by atoms with E-state index in [2.05, 4.69) is 27.5 Å². The standard InChI is InChI=1S/C20H26N4O2.ClH/c1-14(16-6-10-21-11-7-16)13-19(25)24-18-5-4-17(12-15(18)2)26-20-22-8-3-9-23-20;/h3-5,8-9,12,14,16,21H,6-7,10-11,13H2,1-2H3,(H,24,25);1H. The van der Waals surface area contributed by atoms with Crippen molar-refractivity contribution in [1.29, 1.82) is 0 Å². The molecule has 1 unspecified atom stereocenters. The highest BCUT2D eigenvalue weighted by Gasteiger charge is 2.22. The number of piperidine rings is 1. The predicted octanol–water partition coefficient (Wildman–Crippen LogP) is 3.96. The number of nitrogens with one attached hydrogen (secondary N) is 2. The fourth-order valence-electron chi connectivity index (χ4n) is 3.36. The van der Waals surface area contributed by atoms with Gasteiger partial charge in [0.2, 0.25) is 5.91 Å². The number of aromatic nitrogens is 2. The zero-order valence-corrected chi connectivity index (χ0v) is 16.6. The molecule has 1 aromatic heterocycles. The third kappa shape index (κ3) is 6.19. The van der Waals surface area contributed by atoms with Gasteiger partial charge in [0, 0.05) is 24.5 Å². The normalized spacial score (nSPS) is 15.5. The molecule has 2 heterocycles. The summed E-state index contributed by atoms with van der Waals surface area (Å²) in [7, 11) is 0. The summed E-state index contributed by atoms with van der Waals surface area (Å²) in [4.78, 5) is 20.5. The van der Waals surface area contributed by atoms with Crippen molar-refractivity contribution in [2.75, 3.05) is 18.4 Å². The van der Waals surface area contributed by atoms with E-state index in [1.165, 1.54) is 0 Å². The lowest BCUT2D eigenvalue weighted by Gasteiger charge is -2.28. The van der Waals surface area contributed by atoms with Crippen molar-refractivity contribution in [3.8, 4) is 11.8 Å². The first kappa shape index (κ1) is 21.1. The highest BCUT2D eigenvalue weighted by molar-refractivity contribution is 5.91. The van der Waals surface area contributed by atoms with Gasteiger partial charge in [0.05, 0.1) is 0 Å². The van der Waals surface area contributed by atoms with Crippen LogP contribution in [0.4, 0.5) is 5.69 Å². The van der Waals surface area contributed by atoms with Crippen molar-refractivity contribution >= 4 is 24.0 Å². The Balaban J connectivity index is 0.00000261. The summed E-state index contributed by atoms with van der Waals surface area (Å²) in [6.45, 7) is 6.24. The van der Waals surface area contributed by atoms with E-state index in [1.807, 2.05) is 25.1 Å². The third-order valence-corrected chi connectivity index (χ3v) is 4.92. The smallest absolute Gasteiger partial charge is 0.321 e. The zero-order chi connectivity index (χ0) is 18.4. The van der Waals surface area contributed by atoms with Crippen LogP contribution >= 0.6 is 12.4 Å². The SMILES string of the molecule is Cc1cc(Oc2ncccn2)ccc1NC(=O)CC(C)C1CCNCC1.Cl. The first-order valence-corrected chi connectivity index (χ1v) is 9.18. The molecule has 1 aliphatic rings. The van der Waals surface area contributed by atoms with Gasteiger partial charge in [0.1, 0.15) is 5.75 Å². The molecule has 2 N–H and O–H groups in total. The predicted molar refractivity (Wildman–Crippen MR) is 109 cm³/mol. The number of amides is 1. The van der Waals surface area contributed by atoms with Gasteiger partial charge in [0.25, 0.3) is 0 Å². The minimum atomic E-state index is 0. The summed E-state index contributed by atoms with van der Waals surface area (Å²) in [5.41, 5.74) is 1.76. The first-order chi connectivity index (χ1) is 12.6. The molecule has 0 saturated carbocycles. The van der Waals surface area contributed by atoms with Crippen LogP contribution in [-0.4, -0.2) is 29.0 Å². The molecule has 1 atom stereocenters. The number of carbonyl (C=O) groups excluding carboxylic acids is 1. The van der Waals surface area contributed by atoms with Gasteiger partial charge in [-0.1, -0.05) is 6.92 Å². The maximum Gasteiger partial charge on any atom is 0.321 e. The Bertz CT molecular complexity index is 736. The van der Waals surface area contributed by atoms with Gasteiger partial charge in [-0.25, -0.2) is 9.97 Å². The second-order valence-corrected chi connectivity index (χ2v) is 6.93. The number of benzene rings is 1. The largest absolute Gasteiger partial charge is 0.424 e. The van der Waals surface area contributed by atoms with Crippen LogP contribution in [0.15, 0.2) is 36.7 Å². The van der Waals surface area contributed by atoms with Crippen LogP contribution in [0.2, 0.25) is 0 Å². The van der Waals surface area contributed by atoms with Crippen LogP contribution in [0, 0.1) is 18.8 Å². The van der Waals surface area contributed by atoms with Gasteiger partial charge in [-0.2, -0.15) is 0 Å². The molecular weight excluding hydrogens is 364 g/mol. The molecule has 2 aromatic rings. The Hall–Kier alpha value is -2.18. The molecule has 1 fully saturated rings. The number of carbonyl (C=O) groups is 1. The topological polar surface area (TPSA) is 76.1 Å². The zero-order valence-electron chi connectivity index (χ0n) is 15.8. The van der Waals surface area contributed by atoms with Gasteiger partial charge in [-0.15, -0.1) is 12.4 Å². The summed E-state index contributed by atoms with van der Waals surface area (Å²) in [6.07, 6.45) is 6.13. The van der Waals surface area contributed by atoms with Crippen LogP contribution in [0.25, 0.3) is 0 Å². The Kier molecular flexibility index (Phi) is 8.00. The molecule has 146 valence electrons. The molecule has 6 nitrogen and oxygen atoms in total. The maximum absolute atomic E-state index is 12.4. The molecule has 0 radical (unpaired) electrons. The van der Waals surface area contributed by atoms with E-state index >= 15 is 0 Å². The van der Waals surface area contributed by atoms with Crippen molar-refractivity contribution < 1.29 is 9.53 Å². The summed E-state index contributed by atoms with van der Waals surface area (Å²) < 4.78 is 5.62. The number of halogens is 1. The van der Waals surface area contributed by atoms with E-state index in [-0.39, 0.29) is 18.3 Å². The number of aryl methyl sites for hydroxylation is 1. The lowest BCUT2D eigenvalue weighted by atomic mass is 9.84. The number of anilines is 1. The molecule has 1 amide bonds. The lowest BCUT2D eigenvalue weighted by molar-refractivity contribution is -0.117. The van der Waals surface area contributed by atoms with Crippen LogP contribution < -0.4 is 15.4 Å². The molecule has 1 aliphatic heterocycles. The van der Waals surface area contributed by atoms with E-state index in [1.54, 1.807) is 18.5 Å². The van der Waals surface area contributed by atoms with E-state index < -0.39 is 0 Å². The van der Waals surface area contributed by atoms with Gasteiger partial charge in [0.15, 0.2) is 0 Å². The van der Waals surface area contributed by atoms with Crippen molar-refractivity contribution in [3.05, 3.63) is 42.2 Å². The summed E-state index contributed by atoms with van der Waals surface area (Å²) >= 11 is 0. The van der Waals surface area contributed by atoms with Crippen LogP contribution in [0.3, 0.4) is 0 Å². The van der Waals surface area contributed by atoms with E-state index in [0.717, 1.165) is 37.2 Å². The van der Waals surface area contributed by atoms with Crippen LogP contribution in [0.5, 0.6) is 11.8 Å². The Morgan fingerprint density at radius 1 is 1.30 bits per heavy atom. The minimum Gasteiger partial charge on any atom is -0.424 e. The van der Waals surface area contributed by atoms with E-state index in [0.29, 0.717) is 30.0 Å². The third-order valence-electron chi connectivity index (χ3n) is 4.92. The van der Waals surface area contributed by atoms with Gasteiger partial charge >= 0.3 is 6.01 Å². The molecule has 1 saturated heterocycles. The summed E-state index contributed by atoms with van der Waals surface area (Å²) in [5.74, 6) is 1.74. The number of hydrogen-bond donors (Lipinski definition) is 2. The number of ether oxygens (including phenoxy) is 1. The fraction of sp³-hybridized carbons (Fsp3) is 0.450. The summed E-state index contributed by atoms with van der Waals surface area (Å²) in [5, 5.41) is 6.40. The first-order valence-electron chi connectivity index (χ1n) is 9.18. The van der Waals surface area contributed by atoms with Crippen molar-refractivity contribution in [2.24, 2.45) is 11.8 Å². The second kappa shape index (κ2) is 10.2. The average Bonchev–Trinajstić information content (AvgIpc) is 2.65. The number of hydrogen-bond acceptors (Lipinski definition) is 5. The molecular formula is C20H27ClN4O2. The average molecular weight is 391 g/mol. The van der Waals surface area contributed by atoms with Gasteiger partial charge in [-0.3, -0.25) is 4.79 Å². The highest BCUT2D eigenvalue weighted by atomic mass is 35.5. The molecule has 7 heteroatoms. The number of nitrogens with zero attached hydrogens (tertiary/aromatic N) is 2. The molecule has 0 bridgehead atoms. The number of rotatable bonds is 6. The van der Waals surface area contributed by atoms with Crippen LogP contribution in [0.1, 0.15) is 31.7 Å². The quantitative estimate of drug-likeness (QED) is 0.780. The monoisotopic (exact) mass is 390 g/mol. The fourth-order valence-corrected chi connectivity index (χ4v) is 3.36. The van der Waals surface area contributed by atoms with Crippen molar-refractivity contribution in [2.45, 2.75) is 33.1 Å². The van der Waals surface area contributed by atoms with Gasteiger partial charge in [-0.05, 0) is 74.5 Å². The second-order valence-electron chi connectivity index (χ2n) is 6.93. The molecule has 3 rings (SSSR count). The molecule has 1 aromatic carbocycles. The Morgan fingerprint density at radius 3 is 2.67 bits per heavy atom. The minimum absolute atomic E-state index is 0. The van der Waals surface area contributed by atoms with E-state index in [4.69, 9.17) is 4.74 Å². The Morgan fingerprint density at radius 2 is 2.00 bits per heavy atom. The maximum atomic E-state index is 12.4. The van der Waals surface area contributed by atoms with Crippen molar-refractivity contribution in [1.82, 2.24) is 15.3 Å². The van der Waals surface area contributed by atoms with Crippen LogP contribution in [-0.2, 0) is 4.79 Å².